The maximum atomic E-state index is 13.9. The number of hydrogen-bond donors (Lipinski definition) is 1. The predicted octanol–water partition coefficient (Wildman–Crippen LogP) is 4.25. The normalized spacial score (nSPS) is 12.3. The Morgan fingerprint density at radius 2 is 1.89 bits per heavy atom. The fourth-order valence-electron chi connectivity index (χ4n) is 2.02. The topological polar surface area (TPSA) is 35.2 Å². The number of hydrogen-bond acceptors (Lipinski definition) is 2. The van der Waals surface area contributed by atoms with Gasteiger partial charge in [-0.25, -0.2) is 4.39 Å². The Hall–Kier alpha value is -1.87. The minimum Gasteiger partial charge on any atom is -0.454 e. The summed E-state index contributed by atoms with van der Waals surface area (Å²) in [5, 5.41) is 0. The van der Waals surface area contributed by atoms with Crippen LogP contribution in [0.5, 0.6) is 11.5 Å². The molecule has 0 heterocycles. The van der Waals surface area contributed by atoms with Crippen LogP contribution >= 0.6 is 0 Å². The molecule has 2 aromatic carbocycles. The zero-order chi connectivity index (χ0) is 14.0. The molecule has 0 aliphatic carbocycles. The molecular weight excluding hydrogens is 241 g/mol. The molecule has 2 nitrogen and oxygen atoms in total. The summed E-state index contributed by atoms with van der Waals surface area (Å²) in [5.41, 5.74) is 8.63. The van der Waals surface area contributed by atoms with E-state index in [1.165, 1.54) is 6.07 Å². The van der Waals surface area contributed by atoms with Gasteiger partial charge in [0.1, 0.15) is 5.75 Å². The molecule has 2 aromatic rings. The molecule has 0 saturated carbocycles. The molecule has 1 atom stereocenters. The third-order valence-corrected chi connectivity index (χ3v) is 3.03. The molecule has 0 aromatic heterocycles. The van der Waals surface area contributed by atoms with Crippen molar-refractivity contribution in [2.45, 2.75) is 26.8 Å². The molecule has 3 heteroatoms. The molecule has 0 bridgehead atoms. The summed E-state index contributed by atoms with van der Waals surface area (Å²) in [6, 6.07) is 10.3. The Balaban J connectivity index is 2.43. The van der Waals surface area contributed by atoms with Crippen LogP contribution in [0, 0.1) is 19.7 Å². The molecule has 0 amide bonds. The van der Waals surface area contributed by atoms with Crippen LogP contribution in [-0.2, 0) is 0 Å². The van der Waals surface area contributed by atoms with Crippen LogP contribution in [0.1, 0.15) is 29.7 Å². The molecule has 0 unspecified atom stereocenters. The van der Waals surface area contributed by atoms with Gasteiger partial charge >= 0.3 is 0 Å². The van der Waals surface area contributed by atoms with Crippen LogP contribution in [0.25, 0.3) is 0 Å². The van der Waals surface area contributed by atoms with Crippen molar-refractivity contribution >= 4 is 0 Å². The van der Waals surface area contributed by atoms with Gasteiger partial charge in [0.15, 0.2) is 11.6 Å². The van der Waals surface area contributed by atoms with E-state index in [-0.39, 0.29) is 11.8 Å². The highest BCUT2D eigenvalue weighted by atomic mass is 19.1. The van der Waals surface area contributed by atoms with Crippen molar-refractivity contribution in [1.29, 1.82) is 0 Å². The standard InChI is InChI=1S/C16H18FNO/c1-10-7-8-15(11(2)9-10)19-16-13(12(3)18)5-4-6-14(16)17/h4-9,12H,18H2,1-3H3/t12-/m1/s1. The van der Waals surface area contributed by atoms with E-state index in [1.54, 1.807) is 12.1 Å². The van der Waals surface area contributed by atoms with Crippen molar-refractivity contribution in [3.8, 4) is 11.5 Å². The molecular formula is C16H18FNO. The number of para-hydroxylation sites is 1. The van der Waals surface area contributed by atoms with Crippen molar-refractivity contribution in [3.63, 3.8) is 0 Å². The Bertz CT molecular complexity index is 593. The van der Waals surface area contributed by atoms with Gasteiger partial charge in [-0.15, -0.1) is 0 Å². The first-order valence-corrected chi connectivity index (χ1v) is 6.28. The molecule has 19 heavy (non-hydrogen) atoms. The number of nitrogens with two attached hydrogens (primary N) is 1. The second kappa shape index (κ2) is 5.41. The molecule has 2 rings (SSSR count). The van der Waals surface area contributed by atoms with E-state index >= 15 is 0 Å². The Morgan fingerprint density at radius 3 is 2.53 bits per heavy atom. The van der Waals surface area contributed by atoms with Crippen molar-refractivity contribution in [3.05, 3.63) is 58.9 Å². The highest BCUT2D eigenvalue weighted by Gasteiger charge is 2.14. The highest BCUT2D eigenvalue weighted by molar-refractivity contribution is 5.43. The second-order valence-electron chi connectivity index (χ2n) is 4.82. The summed E-state index contributed by atoms with van der Waals surface area (Å²) in [6.07, 6.45) is 0. The summed E-state index contributed by atoms with van der Waals surface area (Å²) < 4.78 is 19.7. The van der Waals surface area contributed by atoms with Crippen LogP contribution < -0.4 is 10.5 Å². The van der Waals surface area contributed by atoms with E-state index in [9.17, 15) is 4.39 Å². The van der Waals surface area contributed by atoms with Gasteiger partial charge in [-0.3, -0.25) is 0 Å². The first kappa shape index (κ1) is 13.6. The predicted molar refractivity (Wildman–Crippen MR) is 75.0 cm³/mol. The zero-order valence-electron chi connectivity index (χ0n) is 11.4. The van der Waals surface area contributed by atoms with Gasteiger partial charge in [0.05, 0.1) is 0 Å². The van der Waals surface area contributed by atoms with E-state index in [0.717, 1.165) is 11.1 Å². The lowest BCUT2D eigenvalue weighted by Crippen LogP contribution is -2.08. The maximum absolute atomic E-state index is 13.9. The summed E-state index contributed by atoms with van der Waals surface area (Å²) in [4.78, 5) is 0. The van der Waals surface area contributed by atoms with E-state index in [1.807, 2.05) is 39.0 Å². The first-order chi connectivity index (χ1) is 8.99. The molecule has 0 fully saturated rings. The lowest BCUT2D eigenvalue weighted by atomic mass is 10.1. The van der Waals surface area contributed by atoms with Crippen LogP contribution in [0.15, 0.2) is 36.4 Å². The van der Waals surface area contributed by atoms with Crippen LogP contribution in [0.3, 0.4) is 0 Å². The molecule has 0 spiro atoms. The lowest BCUT2D eigenvalue weighted by molar-refractivity contribution is 0.430. The molecule has 0 saturated heterocycles. The molecule has 0 aliphatic heterocycles. The average molecular weight is 259 g/mol. The number of benzene rings is 2. The first-order valence-electron chi connectivity index (χ1n) is 6.28. The summed E-state index contributed by atoms with van der Waals surface area (Å²) >= 11 is 0. The van der Waals surface area contributed by atoms with Gasteiger partial charge in [0.2, 0.25) is 0 Å². The molecule has 100 valence electrons. The SMILES string of the molecule is Cc1ccc(Oc2c(F)cccc2[C@@H](C)N)c(C)c1. The van der Waals surface area contributed by atoms with E-state index in [4.69, 9.17) is 10.5 Å². The second-order valence-corrected chi connectivity index (χ2v) is 4.82. The quantitative estimate of drug-likeness (QED) is 0.894. The minimum atomic E-state index is -0.394. The van der Waals surface area contributed by atoms with Crippen molar-refractivity contribution in [2.75, 3.05) is 0 Å². The smallest absolute Gasteiger partial charge is 0.167 e. The summed E-state index contributed by atoms with van der Waals surface area (Å²) in [5.74, 6) is 0.469. The summed E-state index contributed by atoms with van der Waals surface area (Å²) in [6.45, 7) is 5.76. The monoisotopic (exact) mass is 259 g/mol. The molecule has 0 radical (unpaired) electrons. The number of halogens is 1. The number of ether oxygens (including phenoxy) is 1. The van der Waals surface area contributed by atoms with Gasteiger partial charge < -0.3 is 10.5 Å². The van der Waals surface area contributed by atoms with Gasteiger partial charge in [-0.05, 0) is 38.5 Å². The Labute approximate surface area is 113 Å². The number of aryl methyl sites for hydroxylation is 2. The zero-order valence-corrected chi connectivity index (χ0v) is 11.4. The van der Waals surface area contributed by atoms with Crippen molar-refractivity contribution in [2.24, 2.45) is 5.73 Å². The fraction of sp³-hybridized carbons (Fsp3) is 0.250. The van der Waals surface area contributed by atoms with Crippen LogP contribution in [-0.4, -0.2) is 0 Å². The van der Waals surface area contributed by atoms with Crippen molar-refractivity contribution < 1.29 is 9.13 Å². The molecule has 0 aliphatic rings. The van der Waals surface area contributed by atoms with Gasteiger partial charge in [-0.2, -0.15) is 0 Å². The minimum absolute atomic E-state index is 0.212. The fourth-order valence-corrected chi connectivity index (χ4v) is 2.02. The maximum Gasteiger partial charge on any atom is 0.167 e. The van der Waals surface area contributed by atoms with E-state index in [0.29, 0.717) is 11.3 Å². The largest absolute Gasteiger partial charge is 0.454 e. The van der Waals surface area contributed by atoms with Gasteiger partial charge in [0.25, 0.3) is 0 Å². The highest BCUT2D eigenvalue weighted by Crippen LogP contribution is 2.33. The molecule has 2 N–H and O–H groups in total. The van der Waals surface area contributed by atoms with E-state index in [2.05, 4.69) is 0 Å². The number of rotatable bonds is 3. The van der Waals surface area contributed by atoms with E-state index < -0.39 is 5.82 Å². The average Bonchev–Trinajstić information content (AvgIpc) is 2.34. The van der Waals surface area contributed by atoms with Gasteiger partial charge in [-0.1, -0.05) is 29.8 Å². The third kappa shape index (κ3) is 2.93. The Kier molecular flexibility index (Phi) is 3.86. The third-order valence-electron chi connectivity index (χ3n) is 3.03. The van der Waals surface area contributed by atoms with Gasteiger partial charge in [0, 0.05) is 11.6 Å². The Morgan fingerprint density at radius 1 is 1.16 bits per heavy atom. The lowest BCUT2D eigenvalue weighted by Gasteiger charge is -2.16. The van der Waals surface area contributed by atoms with Crippen LogP contribution in [0.4, 0.5) is 4.39 Å². The summed E-state index contributed by atoms with van der Waals surface area (Å²) in [7, 11) is 0. The van der Waals surface area contributed by atoms with Crippen LogP contribution in [0.2, 0.25) is 0 Å². The van der Waals surface area contributed by atoms with Crippen molar-refractivity contribution in [1.82, 2.24) is 0 Å².